The Bertz CT molecular complexity index is 991. The fourth-order valence-electron chi connectivity index (χ4n) is 2.73. The number of aromatic nitrogens is 3. The predicted octanol–water partition coefficient (Wildman–Crippen LogP) is 2.99. The highest BCUT2D eigenvalue weighted by Gasteiger charge is 2.32. The van der Waals surface area contributed by atoms with Gasteiger partial charge in [-0.25, -0.2) is 9.67 Å². The number of nitrogens with zero attached hydrogens (tertiary/aromatic N) is 3. The molecule has 1 fully saturated rings. The van der Waals surface area contributed by atoms with Crippen LogP contribution in [0.4, 0.5) is 13.2 Å². The molecule has 25 heavy (non-hydrogen) atoms. The van der Waals surface area contributed by atoms with Gasteiger partial charge in [0.15, 0.2) is 5.65 Å². The highest BCUT2D eigenvalue weighted by atomic mass is 19.4. The summed E-state index contributed by atoms with van der Waals surface area (Å²) in [6.45, 7) is 1.58. The molecule has 2 aromatic heterocycles. The quantitative estimate of drug-likeness (QED) is 0.692. The fourth-order valence-corrected chi connectivity index (χ4v) is 2.73. The van der Waals surface area contributed by atoms with E-state index in [0.717, 1.165) is 24.5 Å². The maximum atomic E-state index is 13.1. The normalized spacial score (nSPS) is 14.8. The van der Waals surface area contributed by atoms with E-state index < -0.39 is 11.7 Å². The van der Waals surface area contributed by atoms with Crippen molar-refractivity contribution in [1.82, 2.24) is 20.1 Å². The molecule has 0 unspecified atom stereocenters. The summed E-state index contributed by atoms with van der Waals surface area (Å²) in [5, 5.41) is 8.39. The van der Waals surface area contributed by atoms with Gasteiger partial charge in [0.25, 0.3) is 0 Å². The van der Waals surface area contributed by atoms with Crippen molar-refractivity contribution in [2.75, 3.05) is 13.1 Å². The van der Waals surface area contributed by atoms with Gasteiger partial charge in [0.05, 0.1) is 17.0 Å². The molecule has 4 nitrogen and oxygen atoms in total. The summed E-state index contributed by atoms with van der Waals surface area (Å²) in [4.78, 5) is 4.34. The Hall–Kier alpha value is -2.85. The molecular formula is C18H13F3N4. The molecular weight excluding hydrogens is 329 g/mol. The molecule has 0 amide bonds. The second-order valence-electron chi connectivity index (χ2n) is 5.77. The summed E-state index contributed by atoms with van der Waals surface area (Å²) in [7, 11) is 0. The largest absolute Gasteiger partial charge is 0.417 e. The van der Waals surface area contributed by atoms with Gasteiger partial charge in [-0.05, 0) is 30.2 Å². The van der Waals surface area contributed by atoms with E-state index in [9.17, 15) is 13.2 Å². The van der Waals surface area contributed by atoms with Crippen LogP contribution in [0.3, 0.4) is 0 Å². The van der Waals surface area contributed by atoms with E-state index in [1.165, 1.54) is 18.2 Å². The molecule has 0 atom stereocenters. The van der Waals surface area contributed by atoms with Gasteiger partial charge in [0.2, 0.25) is 0 Å². The van der Waals surface area contributed by atoms with Crippen molar-refractivity contribution in [1.29, 1.82) is 0 Å². The van der Waals surface area contributed by atoms with Crippen molar-refractivity contribution in [2.24, 2.45) is 0 Å². The number of nitrogens with one attached hydrogen (secondary N) is 1. The van der Waals surface area contributed by atoms with Crippen LogP contribution in [0.2, 0.25) is 0 Å². The Morgan fingerprint density at radius 3 is 2.60 bits per heavy atom. The average molecular weight is 342 g/mol. The molecule has 7 heteroatoms. The number of hydrogen-bond acceptors (Lipinski definition) is 3. The summed E-state index contributed by atoms with van der Waals surface area (Å²) in [5.74, 6) is 5.42. The van der Waals surface area contributed by atoms with Crippen LogP contribution in [-0.2, 0) is 6.18 Å². The van der Waals surface area contributed by atoms with E-state index in [-0.39, 0.29) is 11.6 Å². The lowest BCUT2D eigenvalue weighted by Crippen LogP contribution is -2.43. The molecule has 3 heterocycles. The third-order valence-electron chi connectivity index (χ3n) is 4.12. The number of alkyl halides is 3. The predicted molar refractivity (Wildman–Crippen MR) is 86.9 cm³/mol. The highest BCUT2D eigenvalue weighted by molar-refractivity contribution is 5.81. The number of benzene rings is 1. The van der Waals surface area contributed by atoms with Gasteiger partial charge < -0.3 is 5.32 Å². The summed E-state index contributed by atoms with van der Waals surface area (Å²) < 4.78 is 41.1. The van der Waals surface area contributed by atoms with Gasteiger partial charge in [-0.15, -0.1) is 0 Å². The number of halogens is 3. The van der Waals surface area contributed by atoms with Gasteiger partial charge in [0, 0.05) is 24.8 Å². The van der Waals surface area contributed by atoms with E-state index in [2.05, 4.69) is 27.2 Å². The van der Waals surface area contributed by atoms with Crippen LogP contribution < -0.4 is 5.32 Å². The zero-order valence-electron chi connectivity index (χ0n) is 13.0. The zero-order valence-corrected chi connectivity index (χ0v) is 13.0. The first kappa shape index (κ1) is 15.7. The van der Waals surface area contributed by atoms with E-state index in [4.69, 9.17) is 0 Å². The maximum Gasteiger partial charge on any atom is 0.417 e. The third kappa shape index (κ3) is 2.85. The average Bonchev–Trinajstić information content (AvgIpc) is 2.90. The second kappa shape index (κ2) is 5.90. The minimum Gasteiger partial charge on any atom is -0.312 e. The van der Waals surface area contributed by atoms with Crippen LogP contribution in [0.25, 0.3) is 11.0 Å². The number of rotatable bonds is 1. The molecule has 1 aliphatic heterocycles. The van der Waals surface area contributed by atoms with E-state index in [1.807, 2.05) is 6.07 Å². The van der Waals surface area contributed by atoms with Gasteiger partial charge in [-0.1, -0.05) is 18.1 Å². The van der Waals surface area contributed by atoms with Crippen molar-refractivity contribution in [2.45, 2.75) is 12.2 Å². The summed E-state index contributed by atoms with van der Waals surface area (Å²) in [6, 6.07) is 9.07. The smallest absolute Gasteiger partial charge is 0.312 e. The first-order chi connectivity index (χ1) is 12.0. The second-order valence-corrected chi connectivity index (χ2v) is 5.77. The lowest BCUT2D eigenvalue weighted by molar-refractivity contribution is -0.137. The van der Waals surface area contributed by atoms with E-state index >= 15 is 0 Å². The molecule has 126 valence electrons. The van der Waals surface area contributed by atoms with Crippen molar-refractivity contribution >= 4 is 11.0 Å². The Labute approximate surface area is 141 Å². The first-order valence-electron chi connectivity index (χ1n) is 7.76. The molecule has 0 saturated carbocycles. The lowest BCUT2D eigenvalue weighted by Gasteiger charge is -2.27. The maximum absolute atomic E-state index is 13.1. The van der Waals surface area contributed by atoms with Gasteiger partial charge in [-0.2, -0.15) is 18.3 Å². The highest BCUT2D eigenvalue weighted by Crippen LogP contribution is 2.31. The van der Waals surface area contributed by atoms with Crippen molar-refractivity contribution < 1.29 is 13.2 Å². The molecule has 1 saturated heterocycles. The van der Waals surface area contributed by atoms with Crippen LogP contribution >= 0.6 is 0 Å². The SMILES string of the molecule is FC(F)(F)c1ccccc1C#Cc1nn(C2CNC2)c2ncccc12. The molecule has 3 aromatic rings. The van der Waals surface area contributed by atoms with Crippen LogP contribution in [0.1, 0.15) is 22.9 Å². The Morgan fingerprint density at radius 1 is 1.08 bits per heavy atom. The Balaban J connectivity index is 1.80. The van der Waals surface area contributed by atoms with Gasteiger partial charge in [0.1, 0.15) is 5.69 Å². The number of pyridine rings is 1. The lowest BCUT2D eigenvalue weighted by atomic mass is 10.1. The molecule has 1 aliphatic rings. The number of hydrogen-bond donors (Lipinski definition) is 1. The minimum atomic E-state index is -4.44. The summed E-state index contributed by atoms with van der Waals surface area (Å²) in [5.41, 5.74) is 0.328. The molecule has 1 aromatic carbocycles. The Kier molecular flexibility index (Phi) is 3.70. The molecule has 0 bridgehead atoms. The van der Waals surface area contributed by atoms with Gasteiger partial charge in [-0.3, -0.25) is 0 Å². The van der Waals surface area contributed by atoms with E-state index in [0.29, 0.717) is 11.3 Å². The monoisotopic (exact) mass is 342 g/mol. The molecule has 0 spiro atoms. The zero-order chi connectivity index (χ0) is 17.4. The first-order valence-corrected chi connectivity index (χ1v) is 7.76. The van der Waals surface area contributed by atoms with Crippen LogP contribution in [0.15, 0.2) is 42.6 Å². The Morgan fingerprint density at radius 2 is 1.88 bits per heavy atom. The summed E-state index contributed by atoms with van der Waals surface area (Å²) in [6.07, 6.45) is -2.77. The molecule has 0 radical (unpaired) electrons. The third-order valence-corrected chi connectivity index (χ3v) is 4.12. The van der Waals surface area contributed by atoms with Crippen molar-refractivity contribution in [3.63, 3.8) is 0 Å². The topological polar surface area (TPSA) is 42.7 Å². The van der Waals surface area contributed by atoms with Gasteiger partial charge >= 0.3 is 6.18 Å². The van der Waals surface area contributed by atoms with Crippen molar-refractivity contribution in [3.8, 4) is 11.8 Å². The van der Waals surface area contributed by atoms with Crippen molar-refractivity contribution in [3.05, 3.63) is 59.4 Å². The van der Waals surface area contributed by atoms with Crippen LogP contribution in [-0.4, -0.2) is 27.9 Å². The minimum absolute atomic E-state index is 0.0631. The standard InChI is InChI=1S/C18H13F3N4/c19-18(20,21)15-6-2-1-4-12(15)7-8-16-14-5-3-9-23-17(14)25(24-16)13-10-22-11-13/h1-6,9,13,22H,10-11H2. The summed E-state index contributed by atoms with van der Waals surface area (Å²) >= 11 is 0. The van der Waals surface area contributed by atoms with Crippen LogP contribution in [0, 0.1) is 11.8 Å². The van der Waals surface area contributed by atoms with Crippen LogP contribution in [0.5, 0.6) is 0 Å². The number of fused-ring (bicyclic) bond motifs is 1. The fraction of sp³-hybridized carbons (Fsp3) is 0.222. The molecule has 1 N–H and O–H groups in total. The molecule has 4 rings (SSSR count). The molecule has 0 aliphatic carbocycles. The van der Waals surface area contributed by atoms with E-state index in [1.54, 1.807) is 16.9 Å².